The van der Waals surface area contributed by atoms with Gasteiger partial charge in [0.25, 0.3) is 0 Å². The Kier molecular flexibility index (Phi) is 8.66. The molecule has 5 heteroatoms. The molecule has 216 valence electrons. The van der Waals surface area contributed by atoms with Crippen LogP contribution < -0.4 is 29.6 Å². The lowest BCUT2D eigenvalue weighted by Crippen LogP contribution is -2.74. The largest absolute Gasteiger partial charge is 0.544 e. The predicted molar refractivity (Wildman–Crippen MR) is 186 cm³/mol. The zero-order valence-electron chi connectivity index (χ0n) is 26.7. The van der Waals surface area contributed by atoms with Gasteiger partial charge in [0.2, 0.25) is 16.6 Å². The van der Waals surface area contributed by atoms with E-state index in [1.165, 1.54) is 20.7 Å². The highest BCUT2D eigenvalue weighted by Gasteiger charge is 2.43. The van der Waals surface area contributed by atoms with E-state index < -0.39 is 24.7 Å². The van der Waals surface area contributed by atoms with Crippen molar-refractivity contribution in [2.24, 2.45) is 0 Å². The Bertz CT molecular complexity index is 1300. The summed E-state index contributed by atoms with van der Waals surface area (Å²) in [5, 5.41) is 5.70. The molecule has 2 nitrogen and oxygen atoms in total. The molecule has 4 aromatic rings. The maximum absolute atomic E-state index is 6.68. The van der Waals surface area contributed by atoms with Gasteiger partial charge < -0.3 is 8.85 Å². The highest BCUT2D eigenvalue weighted by atomic mass is 28.4. The molecule has 0 atom stereocenters. The van der Waals surface area contributed by atoms with Crippen molar-refractivity contribution in [3.05, 3.63) is 109 Å². The molecule has 0 heterocycles. The molecular weight excluding hydrogens is 549 g/mol. The van der Waals surface area contributed by atoms with E-state index in [-0.39, 0.29) is 10.1 Å². The summed E-state index contributed by atoms with van der Waals surface area (Å²) >= 11 is 0. The fourth-order valence-electron chi connectivity index (χ4n) is 4.82. The van der Waals surface area contributed by atoms with Crippen LogP contribution >= 0.6 is 0 Å². The van der Waals surface area contributed by atoms with Crippen molar-refractivity contribution in [3.63, 3.8) is 0 Å². The standard InChI is InChI=1S/C36H48O2Si3/c1-35(2,3)39(7,8)37-29-21-25-33(26-22-29)41(31-17-13-11-14-18-31,32-19-15-12-16-20-32)34-27-23-30(24-28-34)38-40(9,10)36(4,5)6/h11-28H,1-10H3. The molecule has 0 saturated heterocycles. The molecule has 4 rings (SSSR count). The van der Waals surface area contributed by atoms with Gasteiger partial charge >= 0.3 is 0 Å². The van der Waals surface area contributed by atoms with E-state index >= 15 is 0 Å². The summed E-state index contributed by atoms with van der Waals surface area (Å²) < 4.78 is 13.4. The minimum atomic E-state index is -2.62. The first-order valence-corrected chi connectivity index (χ1v) is 22.6. The van der Waals surface area contributed by atoms with Crippen LogP contribution in [-0.2, 0) is 0 Å². The molecule has 0 spiro atoms. The molecule has 0 aromatic heterocycles. The molecular formula is C36H48O2Si3. The third-order valence-electron chi connectivity index (χ3n) is 9.35. The zero-order chi connectivity index (χ0) is 30.1. The normalized spacial score (nSPS) is 13.1. The van der Waals surface area contributed by atoms with Crippen LogP contribution in [0.4, 0.5) is 0 Å². The molecule has 0 saturated carbocycles. The Labute approximate surface area is 252 Å². The molecule has 0 fully saturated rings. The maximum atomic E-state index is 6.68. The molecule has 0 aliphatic heterocycles. The van der Waals surface area contributed by atoms with Gasteiger partial charge in [-0.1, -0.05) is 126 Å². The molecule has 0 aliphatic rings. The Morgan fingerprint density at radius 3 is 0.927 bits per heavy atom. The SMILES string of the molecule is CC(C)(C)[Si](C)(C)Oc1ccc([Si](c2ccccc2)(c2ccccc2)c2ccc(O[Si](C)(C)C(C)(C)C)cc2)cc1. The lowest BCUT2D eigenvalue weighted by atomic mass is 10.2. The van der Waals surface area contributed by atoms with Gasteiger partial charge in [0, 0.05) is 0 Å². The van der Waals surface area contributed by atoms with E-state index in [1.807, 2.05) is 0 Å². The maximum Gasteiger partial charge on any atom is 0.250 e. The topological polar surface area (TPSA) is 18.5 Å². The highest BCUT2D eigenvalue weighted by molar-refractivity contribution is 7.19. The van der Waals surface area contributed by atoms with Crippen LogP contribution in [0.25, 0.3) is 0 Å². The van der Waals surface area contributed by atoms with E-state index in [1.54, 1.807) is 0 Å². The van der Waals surface area contributed by atoms with Gasteiger partial charge in [-0.15, -0.1) is 0 Å². The minimum absolute atomic E-state index is 0.145. The van der Waals surface area contributed by atoms with E-state index in [4.69, 9.17) is 8.85 Å². The summed E-state index contributed by atoms with van der Waals surface area (Å²) in [5.41, 5.74) is 0. The summed E-state index contributed by atoms with van der Waals surface area (Å²) in [5.74, 6) is 1.92. The van der Waals surface area contributed by atoms with E-state index in [0.29, 0.717) is 0 Å². The average molecular weight is 597 g/mol. The van der Waals surface area contributed by atoms with E-state index in [9.17, 15) is 0 Å². The molecule has 0 unspecified atom stereocenters. The van der Waals surface area contributed by atoms with E-state index in [2.05, 4.69) is 177 Å². The van der Waals surface area contributed by atoms with Gasteiger partial charge in [0.15, 0.2) is 8.07 Å². The third-order valence-corrected chi connectivity index (χ3v) is 22.9. The summed E-state index contributed by atoms with van der Waals surface area (Å²) in [7, 11) is -6.50. The summed E-state index contributed by atoms with van der Waals surface area (Å²) in [4.78, 5) is 0. The second-order valence-corrected chi connectivity index (χ2v) is 27.5. The lowest BCUT2D eigenvalue weighted by Gasteiger charge is -2.38. The summed E-state index contributed by atoms with van der Waals surface area (Å²) in [6, 6.07) is 40.2. The first-order valence-electron chi connectivity index (χ1n) is 14.8. The minimum Gasteiger partial charge on any atom is -0.544 e. The third kappa shape index (κ3) is 6.32. The van der Waals surface area contributed by atoms with Gasteiger partial charge in [-0.05, 0) is 81.3 Å². The monoisotopic (exact) mass is 596 g/mol. The van der Waals surface area contributed by atoms with Crippen LogP contribution in [-0.4, -0.2) is 24.7 Å². The number of hydrogen-bond acceptors (Lipinski definition) is 2. The smallest absolute Gasteiger partial charge is 0.250 e. The van der Waals surface area contributed by atoms with Crippen molar-refractivity contribution in [1.82, 2.24) is 0 Å². The highest BCUT2D eigenvalue weighted by Crippen LogP contribution is 2.38. The average Bonchev–Trinajstić information content (AvgIpc) is 2.90. The lowest BCUT2D eigenvalue weighted by molar-refractivity contribution is 0.492. The van der Waals surface area contributed by atoms with Gasteiger partial charge in [0.1, 0.15) is 11.5 Å². The van der Waals surface area contributed by atoms with Gasteiger partial charge in [-0.3, -0.25) is 0 Å². The first kappa shape index (κ1) is 31.1. The van der Waals surface area contributed by atoms with Gasteiger partial charge in [0.05, 0.1) is 0 Å². The first-order chi connectivity index (χ1) is 19.1. The van der Waals surface area contributed by atoms with Crippen molar-refractivity contribution < 1.29 is 8.85 Å². The zero-order valence-corrected chi connectivity index (χ0v) is 29.7. The number of hydrogen-bond donors (Lipinski definition) is 0. The number of benzene rings is 4. The Hall–Kier alpha value is -2.87. The Morgan fingerprint density at radius 1 is 0.390 bits per heavy atom. The molecule has 0 aliphatic carbocycles. The fourth-order valence-corrected chi connectivity index (χ4v) is 11.6. The van der Waals surface area contributed by atoms with E-state index in [0.717, 1.165) is 11.5 Å². The quantitative estimate of drug-likeness (QED) is 0.152. The molecule has 0 N–H and O–H groups in total. The van der Waals surface area contributed by atoms with Crippen molar-refractivity contribution >= 4 is 45.5 Å². The summed E-state index contributed by atoms with van der Waals surface area (Å²) in [6.07, 6.45) is 0. The van der Waals surface area contributed by atoms with Crippen molar-refractivity contribution in [2.75, 3.05) is 0 Å². The molecule has 4 aromatic carbocycles. The van der Waals surface area contributed by atoms with Crippen molar-refractivity contribution in [2.45, 2.75) is 77.8 Å². The van der Waals surface area contributed by atoms with Crippen molar-refractivity contribution in [3.8, 4) is 11.5 Å². The second-order valence-electron chi connectivity index (χ2n) is 14.3. The van der Waals surface area contributed by atoms with Crippen LogP contribution in [0.5, 0.6) is 11.5 Å². The second kappa shape index (κ2) is 11.4. The Morgan fingerprint density at radius 2 is 0.659 bits per heavy atom. The fraction of sp³-hybridized carbons (Fsp3) is 0.333. The molecule has 0 bridgehead atoms. The summed E-state index contributed by atoms with van der Waals surface area (Å²) in [6.45, 7) is 22.9. The molecule has 41 heavy (non-hydrogen) atoms. The van der Waals surface area contributed by atoms with Crippen molar-refractivity contribution in [1.29, 1.82) is 0 Å². The predicted octanol–water partition coefficient (Wildman–Crippen LogP) is 7.83. The van der Waals surface area contributed by atoms with Gasteiger partial charge in [-0.2, -0.15) is 0 Å². The number of rotatable bonds is 8. The molecule has 0 amide bonds. The van der Waals surface area contributed by atoms with Crippen LogP contribution in [0, 0.1) is 0 Å². The molecule has 0 radical (unpaired) electrons. The van der Waals surface area contributed by atoms with Crippen LogP contribution in [0.15, 0.2) is 109 Å². The Balaban J connectivity index is 1.88. The van der Waals surface area contributed by atoms with Crippen LogP contribution in [0.2, 0.25) is 36.3 Å². The van der Waals surface area contributed by atoms with Crippen LogP contribution in [0.3, 0.4) is 0 Å². The van der Waals surface area contributed by atoms with Crippen LogP contribution in [0.1, 0.15) is 41.5 Å². The van der Waals surface area contributed by atoms with Gasteiger partial charge in [-0.25, -0.2) is 0 Å².